The fraction of sp³-hybridized carbons (Fsp3) is 0. The highest BCUT2D eigenvalue weighted by molar-refractivity contribution is 5.93. The van der Waals surface area contributed by atoms with E-state index in [4.69, 9.17) is 10.2 Å². The Morgan fingerprint density at radius 2 is 2.09 bits per heavy atom. The Morgan fingerprint density at radius 1 is 1.27 bits per heavy atom. The van der Waals surface area contributed by atoms with Crippen molar-refractivity contribution < 1.29 is 9.21 Å². The SMILES string of the molecule is NC(=O)c1ccc(-c2ccc(C=NNc3nn[nH]n3)o2)cc1. The van der Waals surface area contributed by atoms with E-state index in [2.05, 4.69) is 31.2 Å². The molecule has 9 heteroatoms. The van der Waals surface area contributed by atoms with Gasteiger partial charge in [-0.3, -0.25) is 4.79 Å². The number of furan rings is 1. The van der Waals surface area contributed by atoms with Crippen LogP contribution in [0.15, 0.2) is 45.9 Å². The lowest BCUT2D eigenvalue weighted by Crippen LogP contribution is -2.10. The van der Waals surface area contributed by atoms with Gasteiger partial charge in [-0.2, -0.15) is 10.3 Å². The molecule has 22 heavy (non-hydrogen) atoms. The number of H-pyrrole nitrogens is 1. The molecule has 1 amide bonds. The van der Waals surface area contributed by atoms with Gasteiger partial charge in [0.2, 0.25) is 5.91 Å². The first kappa shape index (κ1) is 13.5. The third-order valence-corrected chi connectivity index (χ3v) is 2.78. The molecule has 0 aliphatic heterocycles. The molecular formula is C13H11N7O2. The Morgan fingerprint density at radius 3 is 2.77 bits per heavy atom. The fourth-order valence-electron chi connectivity index (χ4n) is 1.74. The number of benzene rings is 1. The van der Waals surface area contributed by atoms with Crippen molar-refractivity contribution in [2.24, 2.45) is 10.8 Å². The summed E-state index contributed by atoms with van der Waals surface area (Å²) >= 11 is 0. The lowest BCUT2D eigenvalue weighted by Gasteiger charge is -1.98. The van der Waals surface area contributed by atoms with Crippen LogP contribution in [0.25, 0.3) is 11.3 Å². The van der Waals surface area contributed by atoms with E-state index in [1.54, 1.807) is 36.4 Å². The van der Waals surface area contributed by atoms with Gasteiger partial charge in [0, 0.05) is 11.1 Å². The van der Waals surface area contributed by atoms with Crippen LogP contribution in [0.4, 0.5) is 5.95 Å². The van der Waals surface area contributed by atoms with Gasteiger partial charge in [-0.15, -0.1) is 5.10 Å². The molecule has 0 bridgehead atoms. The van der Waals surface area contributed by atoms with E-state index < -0.39 is 5.91 Å². The summed E-state index contributed by atoms with van der Waals surface area (Å²) < 4.78 is 5.62. The van der Waals surface area contributed by atoms with Crippen LogP contribution in [0.3, 0.4) is 0 Å². The lowest BCUT2D eigenvalue weighted by molar-refractivity contribution is 0.100. The van der Waals surface area contributed by atoms with Gasteiger partial charge >= 0.3 is 0 Å². The smallest absolute Gasteiger partial charge is 0.283 e. The Hall–Kier alpha value is -3.49. The number of tetrazole rings is 1. The van der Waals surface area contributed by atoms with E-state index in [9.17, 15) is 4.79 Å². The second-order valence-electron chi connectivity index (χ2n) is 4.25. The molecule has 110 valence electrons. The number of aromatic amines is 1. The minimum absolute atomic E-state index is 0.255. The second kappa shape index (κ2) is 5.87. The van der Waals surface area contributed by atoms with Gasteiger partial charge in [-0.25, -0.2) is 5.43 Å². The number of anilines is 1. The average Bonchev–Trinajstić information content (AvgIpc) is 3.19. The highest BCUT2D eigenvalue weighted by Gasteiger charge is 2.05. The van der Waals surface area contributed by atoms with E-state index in [1.165, 1.54) is 6.21 Å². The molecular weight excluding hydrogens is 286 g/mol. The summed E-state index contributed by atoms with van der Waals surface area (Å²) in [6.07, 6.45) is 1.48. The van der Waals surface area contributed by atoms with Crippen molar-refractivity contribution in [3.63, 3.8) is 0 Å². The van der Waals surface area contributed by atoms with Gasteiger partial charge in [-0.1, -0.05) is 17.2 Å². The second-order valence-corrected chi connectivity index (χ2v) is 4.25. The van der Waals surface area contributed by atoms with Gasteiger partial charge in [-0.05, 0) is 29.5 Å². The Kier molecular flexibility index (Phi) is 3.60. The van der Waals surface area contributed by atoms with Crippen LogP contribution in [0, 0.1) is 0 Å². The molecule has 2 aromatic heterocycles. The molecule has 3 rings (SSSR count). The number of carbonyl (C=O) groups excluding carboxylic acids is 1. The number of nitrogens with two attached hydrogens (primary N) is 1. The van der Waals surface area contributed by atoms with Crippen molar-refractivity contribution in [2.45, 2.75) is 0 Å². The third-order valence-electron chi connectivity index (χ3n) is 2.78. The Labute approximate surface area is 124 Å². The number of amides is 1. The summed E-state index contributed by atoms with van der Waals surface area (Å²) in [5, 5.41) is 17.0. The van der Waals surface area contributed by atoms with Crippen LogP contribution in [0.5, 0.6) is 0 Å². The topological polar surface area (TPSA) is 135 Å². The fourth-order valence-corrected chi connectivity index (χ4v) is 1.74. The molecule has 4 N–H and O–H groups in total. The summed E-state index contributed by atoms with van der Waals surface area (Å²) in [5.74, 6) is 0.985. The highest BCUT2D eigenvalue weighted by Crippen LogP contribution is 2.21. The van der Waals surface area contributed by atoms with Gasteiger partial charge < -0.3 is 10.2 Å². The summed E-state index contributed by atoms with van der Waals surface area (Å²) in [6, 6.07) is 10.4. The molecule has 0 aliphatic rings. The molecule has 0 atom stereocenters. The zero-order valence-corrected chi connectivity index (χ0v) is 11.2. The largest absolute Gasteiger partial charge is 0.455 e. The van der Waals surface area contributed by atoms with E-state index in [1.807, 2.05) is 0 Å². The van der Waals surface area contributed by atoms with E-state index in [-0.39, 0.29) is 5.95 Å². The number of aromatic nitrogens is 4. The van der Waals surface area contributed by atoms with Crippen molar-refractivity contribution in [2.75, 3.05) is 5.43 Å². The standard InChI is InChI=1S/C13H11N7O2/c14-12(21)9-3-1-8(2-4-9)11-6-5-10(22-11)7-15-16-13-17-19-20-18-13/h1-7H,(H2,14,21)(H2,16,17,18,19,20). The Balaban J connectivity index is 1.70. The third kappa shape index (κ3) is 2.98. The van der Waals surface area contributed by atoms with Crippen LogP contribution < -0.4 is 11.2 Å². The zero-order valence-electron chi connectivity index (χ0n) is 11.2. The number of nitrogens with one attached hydrogen (secondary N) is 2. The minimum Gasteiger partial charge on any atom is -0.455 e. The van der Waals surface area contributed by atoms with Gasteiger partial charge in [0.15, 0.2) is 0 Å². The first-order valence-electron chi connectivity index (χ1n) is 6.25. The van der Waals surface area contributed by atoms with Crippen molar-refractivity contribution >= 4 is 18.1 Å². The highest BCUT2D eigenvalue weighted by atomic mass is 16.3. The van der Waals surface area contributed by atoms with Gasteiger partial charge in [0.25, 0.3) is 5.95 Å². The van der Waals surface area contributed by atoms with Crippen LogP contribution in [0.2, 0.25) is 0 Å². The van der Waals surface area contributed by atoms with E-state index in [0.29, 0.717) is 17.1 Å². The number of hydrogen-bond donors (Lipinski definition) is 3. The molecule has 0 saturated heterocycles. The van der Waals surface area contributed by atoms with Crippen LogP contribution in [-0.4, -0.2) is 32.7 Å². The first-order chi connectivity index (χ1) is 10.7. The summed E-state index contributed by atoms with van der Waals surface area (Å²) in [6.45, 7) is 0. The molecule has 0 unspecified atom stereocenters. The minimum atomic E-state index is -0.466. The molecule has 0 saturated carbocycles. The number of primary amides is 1. The summed E-state index contributed by atoms with van der Waals surface area (Å²) in [5.41, 5.74) is 9.06. The normalized spacial score (nSPS) is 10.9. The van der Waals surface area contributed by atoms with Gasteiger partial charge in [0.05, 0.1) is 6.21 Å². The molecule has 9 nitrogen and oxygen atoms in total. The molecule has 0 fully saturated rings. The van der Waals surface area contributed by atoms with Crippen LogP contribution in [0.1, 0.15) is 16.1 Å². The molecule has 0 aliphatic carbocycles. The van der Waals surface area contributed by atoms with Crippen molar-refractivity contribution in [3.8, 4) is 11.3 Å². The predicted molar refractivity (Wildman–Crippen MR) is 78.1 cm³/mol. The predicted octanol–water partition coefficient (Wildman–Crippen LogP) is 1.00. The summed E-state index contributed by atoms with van der Waals surface area (Å²) in [7, 11) is 0. The maximum Gasteiger partial charge on any atom is 0.283 e. The van der Waals surface area contributed by atoms with Gasteiger partial charge in [0.1, 0.15) is 11.5 Å². The Bertz CT molecular complexity index is 790. The van der Waals surface area contributed by atoms with Crippen molar-refractivity contribution in [1.82, 2.24) is 20.6 Å². The zero-order chi connectivity index (χ0) is 15.4. The average molecular weight is 297 g/mol. The number of hydrogen-bond acceptors (Lipinski definition) is 7. The molecule has 2 heterocycles. The maximum absolute atomic E-state index is 11.0. The number of hydrazone groups is 1. The monoisotopic (exact) mass is 297 g/mol. The number of nitrogens with zero attached hydrogens (tertiary/aromatic N) is 4. The molecule has 1 aromatic carbocycles. The van der Waals surface area contributed by atoms with Crippen molar-refractivity contribution in [1.29, 1.82) is 0 Å². The number of carbonyl (C=O) groups is 1. The van der Waals surface area contributed by atoms with Crippen LogP contribution in [-0.2, 0) is 0 Å². The van der Waals surface area contributed by atoms with E-state index in [0.717, 1.165) is 5.56 Å². The summed E-state index contributed by atoms with van der Waals surface area (Å²) in [4.78, 5) is 11.0. The van der Waals surface area contributed by atoms with Crippen molar-refractivity contribution in [3.05, 3.63) is 47.7 Å². The van der Waals surface area contributed by atoms with E-state index >= 15 is 0 Å². The van der Waals surface area contributed by atoms with Crippen LogP contribution >= 0.6 is 0 Å². The molecule has 0 spiro atoms. The molecule has 3 aromatic rings. The number of rotatable bonds is 5. The lowest BCUT2D eigenvalue weighted by atomic mass is 10.1. The quantitative estimate of drug-likeness (QED) is 0.475. The maximum atomic E-state index is 11.0. The first-order valence-corrected chi connectivity index (χ1v) is 6.25. The molecule has 0 radical (unpaired) electrons.